The van der Waals surface area contributed by atoms with E-state index >= 15 is 0 Å². The Kier molecular flexibility index (Phi) is 5.78. The first-order chi connectivity index (χ1) is 19.6. The van der Waals surface area contributed by atoms with Gasteiger partial charge in [-0.15, -0.1) is 0 Å². The molecule has 6 nitrogen and oxygen atoms in total. The van der Waals surface area contributed by atoms with E-state index in [1.807, 2.05) is 72.8 Å². The highest BCUT2D eigenvalue weighted by Gasteiger charge is 2.15. The number of nitrogens with one attached hydrogen (secondary N) is 2. The molecule has 194 valence electrons. The minimum Gasteiger partial charge on any atom is -0.464 e. The Balaban J connectivity index is 1.02. The second-order valence-electron chi connectivity index (χ2n) is 9.87. The van der Waals surface area contributed by atoms with Crippen LogP contribution in [0.2, 0.25) is 0 Å². The Bertz CT molecular complexity index is 1900. The quantitative estimate of drug-likeness (QED) is 0.232. The lowest BCUT2D eigenvalue weighted by atomic mass is 10.0. The third-order valence-corrected chi connectivity index (χ3v) is 7.23. The first kappa shape index (κ1) is 23.7. The van der Waals surface area contributed by atoms with E-state index in [0.29, 0.717) is 11.4 Å². The van der Waals surface area contributed by atoms with E-state index in [-0.39, 0.29) is 24.7 Å². The molecule has 0 saturated heterocycles. The van der Waals surface area contributed by atoms with Crippen LogP contribution in [0, 0.1) is 0 Å². The first-order valence-corrected chi connectivity index (χ1v) is 13.1. The van der Waals surface area contributed by atoms with Gasteiger partial charge in [-0.1, -0.05) is 60.7 Å². The highest BCUT2D eigenvalue weighted by atomic mass is 16.3. The van der Waals surface area contributed by atoms with Crippen molar-refractivity contribution in [2.75, 3.05) is 10.6 Å². The summed E-state index contributed by atoms with van der Waals surface area (Å²) < 4.78 is 11.4. The van der Waals surface area contributed by atoms with E-state index in [2.05, 4.69) is 10.6 Å². The third-order valence-electron chi connectivity index (χ3n) is 7.23. The van der Waals surface area contributed by atoms with E-state index in [1.54, 1.807) is 36.8 Å². The van der Waals surface area contributed by atoms with Gasteiger partial charge in [0.05, 0.1) is 25.4 Å². The standard InChI is InChI=1S/C34H24N2O4/c37-31(17-23-19-39-29-15-9-21-5-1-3-7-27(21)33(23)29)35-25-11-13-26(14-12-25)36-32(38)18-24-20-40-30-16-10-22-6-2-4-8-28(22)34(24)30/h1-16,19-20H,17-18H2,(H,35,37)(H,36,38). The molecule has 0 spiro atoms. The van der Waals surface area contributed by atoms with Crippen LogP contribution < -0.4 is 10.6 Å². The van der Waals surface area contributed by atoms with Gasteiger partial charge in [0.15, 0.2) is 0 Å². The second-order valence-corrected chi connectivity index (χ2v) is 9.87. The molecule has 0 saturated carbocycles. The number of fused-ring (bicyclic) bond motifs is 6. The molecule has 0 radical (unpaired) electrons. The molecule has 5 aromatic carbocycles. The predicted molar refractivity (Wildman–Crippen MR) is 159 cm³/mol. The van der Waals surface area contributed by atoms with Crippen LogP contribution in [0.3, 0.4) is 0 Å². The average Bonchev–Trinajstić information content (AvgIpc) is 3.58. The molecule has 0 unspecified atom stereocenters. The molecule has 7 rings (SSSR count). The molecule has 0 bridgehead atoms. The summed E-state index contributed by atoms with van der Waals surface area (Å²) in [6, 6.07) is 31.1. The Morgan fingerprint density at radius 2 is 0.950 bits per heavy atom. The Morgan fingerprint density at radius 1 is 0.525 bits per heavy atom. The molecular weight excluding hydrogens is 500 g/mol. The maximum absolute atomic E-state index is 12.9. The number of furan rings is 2. The maximum Gasteiger partial charge on any atom is 0.228 e. The van der Waals surface area contributed by atoms with E-state index < -0.39 is 0 Å². The van der Waals surface area contributed by atoms with Crippen LogP contribution in [-0.4, -0.2) is 11.8 Å². The number of carbonyl (C=O) groups excluding carboxylic acids is 2. The highest BCUT2D eigenvalue weighted by Crippen LogP contribution is 2.31. The van der Waals surface area contributed by atoms with Crippen molar-refractivity contribution in [3.05, 3.63) is 121 Å². The summed E-state index contributed by atoms with van der Waals surface area (Å²) >= 11 is 0. The van der Waals surface area contributed by atoms with Crippen LogP contribution in [0.15, 0.2) is 118 Å². The molecule has 7 aromatic rings. The Labute approximate surface area is 229 Å². The normalized spacial score (nSPS) is 11.4. The van der Waals surface area contributed by atoms with Crippen molar-refractivity contribution in [2.45, 2.75) is 12.8 Å². The van der Waals surface area contributed by atoms with Crippen molar-refractivity contribution in [1.29, 1.82) is 0 Å². The molecule has 2 amide bonds. The molecule has 0 aliphatic heterocycles. The summed E-state index contributed by atoms with van der Waals surface area (Å²) in [6.07, 6.45) is 3.68. The zero-order valence-electron chi connectivity index (χ0n) is 21.4. The minimum atomic E-state index is -0.147. The van der Waals surface area contributed by atoms with Crippen molar-refractivity contribution in [3.63, 3.8) is 0 Å². The van der Waals surface area contributed by atoms with Gasteiger partial charge >= 0.3 is 0 Å². The maximum atomic E-state index is 12.9. The van der Waals surface area contributed by atoms with Crippen LogP contribution >= 0.6 is 0 Å². The van der Waals surface area contributed by atoms with Crippen LogP contribution in [0.4, 0.5) is 11.4 Å². The molecule has 0 fully saturated rings. The zero-order chi connectivity index (χ0) is 27.1. The van der Waals surface area contributed by atoms with Gasteiger partial charge in [0, 0.05) is 33.3 Å². The SMILES string of the molecule is O=C(Cc1coc2ccc3ccccc3c12)Nc1ccc(NC(=O)Cc2coc3ccc4ccccc4c23)cc1. The van der Waals surface area contributed by atoms with Gasteiger partial charge in [-0.3, -0.25) is 9.59 Å². The number of carbonyl (C=O) groups is 2. The van der Waals surface area contributed by atoms with E-state index in [4.69, 9.17) is 8.83 Å². The van der Waals surface area contributed by atoms with E-state index in [0.717, 1.165) is 54.6 Å². The van der Waals surface area contributed by atoms with E-state index in [9.17, 15) is 9.59 Å². The smallest absolute Gasteiger partial charge is 0.228 e. The molecule has 0 atom stereocenters. The van der Waals surface area contributed by atoms with Crippen LogP contribution in [0.25, 0.3) is 43.5 Å². The van der Waals surface area contributed by atoms with Gasteiger partial charge in [0.1, 0.15) is 11.2 Å². The van der Waals surface area contributed by atoms with Crippen LogP contribution in [0.1, 0.15) is 11.1 Å². The molecule has 2 N–H and O–H groups in total. The number of hydrogen-bond acceptors (Lipinski definition) is 4. The lowest BCUT2D eigenvalue weighted by Gasteiger charge is -2.08. The Morgan fingerprint density at radius 3 is 1.40 bits per heavy atom. The summed E-state index contributed by atoms with van der Waals surface area (Å²) in [5.41, 5.74) is 4.50. The topological polar surface area (TPSA) is 84.5 Å². The second kappa shape index (κ2) is 9.75. The average molecular weight is 525 g/mol. The summed E-state index contributed by atoms with van der Waals surface area (Å²) in [4.78, 5) is 25.7. The monoisotopic (exact) mass is 524 g/mol. The molecule has 40 heavy (non-hydrogen) atoms. The summed E-state index contributed by atoms with van der Waals surface area (Å²) in [7, 11) is 0. The summed E-state index contributed by atoms with van der Waals surface area (Å²) in [5, 5.41) is 12.1. The minimum absolute atomic E-state index is 0.147. The lowest BCUT2D eigenvalue weighted by Crippen LogP contribution is -2.15. The Hall–Kier alpha value is -5.36. The number of amides is 2. The largest absolute Gasteiger partial charge is 0.464 e. The number of rotatable bonds is 6. The van der Waals surface area contributed by atoms with Gasteiger partial charge in [0.2, 0.25) is 11.8 Å². The first-order valence-electron chi connectivity index (χ1n) is 13.1. The van der Waals surface area contributed by atoms with Crippen LogP contribution in [-0.2, 0) is 22.4 Å². The number of benzene rings is 5. The van der Waals surface area contributed by atoms with Gasteiger partial charge in [-0.25, -0.2) is 0 Å². The molecule has 2 aromatic heterocycles. The van der Waals surface area contributed by atoms with Crippen molar-refractivity contribution < 1.29 is 18.4 Å². The van der Waals surface area contributed by atoms with Crippen molar-refractivity contribution in [1.82, 2.24) is 0 Å². The van der Waals surface area contributed by atoms with Crippen molar-refractivity contribution in [3.8, 4) is 0 Å². The van der Waals surface area contributed by atoms with Crippen LogP contribution in [0.5, 0.6) is 0 Å². The molecule has 2 heterocycles. The molecule has 0 aliphatic rings. The van der Waals surface area contributed by atoms with Crippen molar-refractivity contribution >= 4 is 66.7 Å². The highest BCUT2D eigenvalue weighted by molar-refractivity contribution is 6.10. The summed E-state index contributed by atoms with van der Waals surface area (Å²) in [6.45, 7) is 0. The fourth-order valence-electron chi connectivity index (χ4n) is 5.40. The summed E-state index contributed by atoms with van der Waals surface area (Å²) in [5.74, 6) is -0.294. The van der Waals surface area contributed by atoms with Crippen molar-refractivity contribution in [2.24, 2.45) is 0 Å². The fraction of sp³-hybridized carbons (Fsp3) is 0.0588. The molecule has 0 aliphatic carbocycles. The number of anilines is 2. The number of hydrogen-bond donors (Lipinski definition) is 2. The van der Waals surface area contributed by atoms with Gasteiger partial charge < -0.3 is 19.5 Å². The molecular formula is C34H24N2O4. The third kappa shape index (κ3) is 4.35. The zero-order valence-corrected chi connectivity index (χ0v) is 21.4. The van der Waals surface area contributed by atoms with Gasteiger partial charge in [0.25, 0.3) is 0 Å². The lowest BCUT2D eigenvalue weighted by molar-refractivity contribution is -0.116. The van der Waals surface area contributed by atoms with Gasteiger partial charge in [-0.2, -0.15) is 0 Å². The van der Waals surface area contributed by atoms with Gasteiger partial charge in [-0.05, 0) is 57.9 Å². The fourth-order valence-corrected chi connectivity index (χ4v) is 5.40. The predicted octanol–water partition coefficient (Wildman–Crippen LogP) is 7.85. The van der Waals surface area contributed by atoms with E-state index in [1.165, 1.54) is 0 Å². The molecule has 6 heteroatoms.